The lowest BCUT2D eigenvalue weighted by Crippen LogP contribution is -2.51. The lowest BCUT2D eigenvalue weighted by atomic mass is 10.1. The van der Waals surface area contributed by atoms with E-state index in [2.05, 4.69) is 5.32 Å². The van der Waals surface area contributed by atoms with Crippen LogP contribution in [0.1, 0.15) is 31.4 Å². The monoisotopic (exact) mass is 414 g/mol. The van der Waals surface area contributed by atoms with Crippen LogP contribution in [0.15, 0.2) is 54.6 Å². The number of nitrogens with zero attached hydrogens (tertiary/aromatic N) is 1. The molecule has 2 heterocycles. The molecule has 3 atom stereocenters. The molecule has 0 saturated carbocycles. The number of carbonyl (C=O) groups excluding carboxylic acids is 2. The number of halogens is 1. The van der Waals surface area contributed by atoms with Crippen LogP contribution in [0.25, 0.3) is 0 Å². The van der Waals surface area contributed by atoms with E-state index in [-0.39, 0.29) is 29.0 Å². The van der Waals surface area contributed by atoms with E-state index in [0.29, 0.717) is 12.2 Å². The highest BCUT2D eigenvalue weighted by Gasteiger charge is 2.53. The molecule has 0 radical (unpaired) electrons. The first-order valence-corrected chi connectivity index (χ1v) is 10.7. The lowest BCUT2D eigenvalue weighted by Gasteiger charge is -2.31. The van der Waals surface area contributed by atoms with Gasteiger partial charge in [-0.25, -0.2) is 4.39 Å². The standard InChI is InChI=1S/C22H23FN2O3S/c1-22-12-11-20(26)25(22)18(14-29-22)21(27)24-17(15-7-3-2-4-8-15)13-28-19-10-6-5-9-16(19)23/h2-10,17-18H,11-14H2,1H3,(H,24,27). The van der Waals surface area contributed by atoms with Gasteiger partial charge in [0.2, 0.25) is 11.8 Å². The summed E-state index contributed by atoms with van der Waals surface area (Å²) in [6.07, 6.45) is 1.24. The number of thioether (sulfide) groups is 1. The van der Waals surface area contributed by atoms with E-state index in [9.17, 15) is 14.0 Å². The minimum absolute atomic E-state index is 0.0246. The van der Waals surface area contributed by atoms with Crippen LogP contribution < -0.4 is 10.1 Å². The average molecular weight is 415 g/mol. The van der Waals surface area contributed by atoms with Gasteiger partial charge in [0.25, 0.3) is 0 Å². The fourth-order valence-corrected chi connectivity index (χ4v) is 5.36. The zero-order valence-electron chi connectivity index (χ0n) is 16.1. The minimum Gasteiger partial charge on any atom is -0.488 e. The maximum atomic E-state index is 13.9. The van der Waals surface area contributed by atoms with Gasteiger partial charge in [0.15, 0.2) is 11.6 Å². The van der Waals surface area contributed by atoms with Crippen LogP contribution in [-0.2, 0) is 9.59 Å². The summed E-state index contributed by atoms with van der Waals surface area (Å²) in [5.74, 6) is 0.0839. The largest absolute Gasteiger partial charge is 0.488 e. The van der Waals surface area contributed by atoms with Gasteiger partial charge >= 0.3 is 0 Å². The lowest BCUT2D eigenvalue weighted by molar-refractivity contribution is -0.138. The van der Waals surface area contributed by atoms with Gasteiger partial charge in [-0.3, -0.25) is 9.59 Å². The van der Waals surface area contributed by atoms with E-state index in [0.717, 1.165) is 12.0 Å². The van der Waals surface area contributed by atoms with Crippen molar-refractivity contribution in [2.75, 3.05) is 12.4 Å². The van der Waals surface area contributed by atoms with Crippen LogP contribution in [0.5, 0.6) is 5.75 Å². The van der Waals surface area contributed by atoms with Crippen LogP contribution >= 0.6 is 11.8 Å². The van der Waals surface area contributed by atoms with Crippen molar-refractivity contribution in [1.29, 1.82) is 0 Å². The summed E-state index contributed by atoms with van der Waals surface area (Å²) in [5, 5.41) is 3.02. The molecule has 7 heteroatoms. The summed E-state index contributed by atoms with van der Waals surface area (Å²) in [5.41, 5.74) is 0.860. The first-order valence-electron chi connectivity index (χ1n) is 9.67. The zero-order chi connectivity index (χ0) is 20.4. The molecule has 3 unspecified atom stereocenters. The SMILES string of the molecule is CC12CCC(=O)N1C(C(=O)NC(COc1ccccc1F)c1ccccc1)CS2. The highest BCUT2D eigenvalue weighted by atomic mass is 32.2. The van der Waals surface area contributed by atoms with Crippen LogP contribution in [0.4, 0.5) is 4.39 Å². The molecule has 2 aromatic carbocycles. The highest BCUT2D eigenvalue weighted by Crippen LogP contribution is 2.47. The Kier molecular flexibility index (Phi) is 5.50. The molecule has 0 bridgehead atoms. The van der Waals surface area contributed by atoms with Crippen molar-refractivity contribution in [2.24, 2.45) is 0 Å². The summed E-state index contributed by atoms with van der Waals surface area (Å²) >= 11 is 1.65. The average Bonchev–Trinajstić information content (AvgIpc) is 3.22. The van der Waals surface area contributed by atoms with Crippen molar-refractivity contribution < 1.29 is 18.7 Å². The fraction of sp³-hybridized carbons (Fsp3) is 0.364. The van der Waals surface area contributed by atoms with E-state index in [1.807, 2.05) is 37.3 Å². The topological polar surface area (TPSA) is 58.6 Å². The van der Waals surface area contributed by atoms with Crippen molar-refractivity contribution in [3.8, 4) is 5.75 Å². The predicted octanol–water partition coefficient (Wildman–Crippen LogP) is 3.52. The first-order chi connectivity index (χ1) is 14.0. The summed E-state index contributed by atoms with van der Waals surface area (Å²) in [6, 6.07) is 14.7. The first kappa shape index (κ1) is 19.8. The Morgan fingerprint density at radius 3 is 2.76 bits per heavy atom. The van der Waals surface area contributed by atoms with Gasteiger partial charge in [-0.2, -0.15) is 0 Å². The predicted molar refractivity (Wildman–Crippen MR) is 110 cm³/mol. The van der Waals surface area contributed by atoms with Crippen molar-refractivity contribution in [3.63, 3.8) is 0 Å². The normalized spacial score (nSPS) is 24.3. The molecule has 2 aliphatic rings. The molecular weight excluding hydrogens is 391 g/mol. The van der Waals surface area contributed by atoms with Crippen LogP contribution in [-0.4, -0.2) is 40.0 Å². The van der Waals surface area contributed by atoms with Crippen molar-refractivity contribution in [1.82, 2.24) is 10.2 Å². The summed E-state index contributed by atoms with van der Waals surface area (Å²) in [6.45, 7) is 2.10. The van der Waals surface area contributed by atoms with Crippen molar-refractivity contribution in [2.45, 2.75) is 36.7 Å². The van der Waals surface area contributed by atoms with E-state index >= 15 is 0 Å². The molecule has 2 saturated heterocycles. The van der Waals surface area contributed by atoms with Crippen LogP contribution in [0.2, 0.25) is 0 Å². The molecule has 2 amide bonds. The Balaban J connectivity index is 1.50. The van der Waals surface area contributed by atoms with Gasteiger partial charge in [0.1, 0.15) is 12.6 Å². The smallest absolute Gasteiger partial charge is 0.244 e. The Labute approximate surface area is 173 Å². The van der Waals surface area contributed by atoms with E-state index < -0.39 is 17.9 Å². The quantitative estimate of drug-likeness (QED) is 0.786. The van der Waals surface area contributed by atoms with E-state index in [4.69, 9.17) is 4.74 Å². The number of carbonyl (C=O) groups is 2. The summed E-state index contributed by atoms with van der Waals surface area (Å²) in [4.78, 5) is 26.9. The Bertz CT molecular complexity index is 910. The minimum atomic E-state index is -0.500. The molecule has 0 aliphatic carbocycles. The summed E-state index contributed by atoms with van der Waals surface area (Å²) < 4.78 is 19.6. The molecule has 2 fully saturated rings. The van der Waals surface area contributed by atoms with Gasteiger partial charge in [-0.05, 0) is 31.0 Å². The highest BCUT2D eigenvalue weighted by molar-refractivity contribution is 8.01. The number of fused-ring (bicyclic) bond motifs is 1. The van der Waals surface area contributed by atoms with Crippen LogP contribution in [0, 0.1) is 5.82 Å². The number of ether oxygens (including phenoxy) is 1. The number of rotatable bonds is 6. The molecule has 152 valence electrons. The van der Waals surface area contributed by atoms with E-state index in [1.54, 1.807) is 34.9 Å². The van der Waals surface area contributed by atoms with Crippen molar-refractivity contribution >= 4 is 23.6 Å². The molecule has 0 spiro atoms. The molecule has 2 aliphatic heterocycles. The Morgan fingerprint density at radius 1 is 1.28 bits per heavy atom. The van der Waals surface area contributed by atoms with Crippen molar-refractivity contribution in [3.05, 3.63) is 66.0 Å². The maximum absolute atomic E-state index is 13.9. The maximum Gasteiger partial charge on any atom is 0.244 e. The van der Waals surface area contributed by atoms with Gasteiger partial charge in [0.05, 0.1) is 10.9 Å². The third-order valence-corrected chi connectivity index (χ3v) is 7.01. The number of nitrogens with one attached hydrogen (secondary N) is 1. The molecule has 0 aromatic heterocycles. The zero-order valence-corrected chi connectivity index (χ0v) is 17.0. The molecule has 29 heavy (non-hydrogen) atoms. The Morgan fingerprint density at radius 2 is 2.00 bits per heavy atom. The molecule has 4 rings (SSSR count). The number of amides is 2. The molecule has 5 nitrogen and oxygen atoms in total. The fourth-order valence-electron chi connectivity index (χ4n) is 3.92. The second-order valence-electron chi connectivity index (χ2n) is 7.48. The van der Waals surface area contributed by atoms with Gasteiger partial charge in [-0.15, -0.1) is 11.8 Å². The summed E-state index contributed by atoms with van der Waals surface area (Å²) in [7, 11) is 0. The second-order valence-corrected chi connectivity index (χ2v) is 8.98. The molecule has 2 aromatic rings. The number of benzene rings is 2. The number of hydrogen-bond donors (Lipinski definition) is 1. The number of hydrogen-bond acceptors (Lipinski definition) is 4. The molecule has 1 N–H and O–H groups in total. The number of para-hydroxylation sites is 1. The third-order valence-electron chi connectivity index (χ3n) is 5.51. The van der Waals surface area contributed by atoms with Gasteiger partial charge in [-0.1, -0.05) is 42.5 Å². The second kappa shape index (κ2) is 8.06. The molecular formula is C22H23FN2O3S. The van der Waals surface area contributed by atoms with Gasteiger partial charge < -0.3 is 15.0 Å². The third kappa shape index (κ3) is 3.96. The van der Waals surface area contributed by atoms with Gasteiger partial charge in [0, 0.05) is 12.2 Å². The van der Waals surface area contributed by atoms with E-state index in [1.165, 1.54) is 6.07 Å². The van der Waals surface area contributed by atoms with Crippen LogP contribution in [0.3, 0.4) is 0 Å². The Hall–Kier alpha value is -2.54.